The topological polar surface area (TPSA) is 69.3 Å². The molecule has 6 heteroatoms. The quantitative estimate of drug-likeness (QED) is 0.696. The molecule has 2 aromatic heterocycles. The number of benzene rings is 1. The molecule has 0 spiro atoms. The fraction of sp³-hybridized carbons (Fsp3) is 0.300. The molecule has 0 aliphatic heterocycles. The Morgan fingerprint density at radius 3 is 2.92 bits per heavy atom. The number of aromatic nitrogens is 2. The van der Waals surface area contributed by atoms with Crippen LogP contribution in [0.4, 0.5) is 5.69 Å². The van der Waals surface area contributed by atoms with Crippen molar-refractivity contribution in [2.24, 2.45) is 0 Å². The monoisotopic (exact) mass is 353 g/mol. The van der Waals surface area contributed by atoms with Crippen LogP contribution >= 0.6 is 0 Å². The van der Waals surface area contributed by atoms with Crippen LogP contribution in [0.3, 0.4) is 0 Å². The zero-order chi connectivity index (χ0) is 18.5. The molecule has 1 amide bonds. The Hall–Kier alpha value is -2.86. The summed E-state index contributed by atoms with van der Waals surface area (Å²) in [7, 11) is 1.58. The van der Waals surface area contributed by atoms with Crippen LogP contribution in [0.25, 0.3) is 0 Å². The molecule has 0 fully saturated rings. The van der Waals surface area contributed by atoms with Gasteiger partial charge in [-0.1, -0.05) is 26.0 Å². The number of nitrogens with zero attached hydrogens (tertiary/aromatic N) is 2. The lowest BCUT2D eigenvalue weighted by Gasteiger charge is -2.11. The van der Waals surface area contributed by atoms with Gasteiger partial charge in [-0.3, -0.25) is 4.79 Å². The summed E-state index contributed by atoms with van der Waals surface area (Å²) in [5.41, 5.74) is 1.81. The predicted molar refractivity (Wildman–Crippen MR) is 99.2 cm³/mol. The Kier molecular flexibility index (Phi) is 5.53. The second kappa shape index (κ2) is 8.01. The first-order valence-corrected chi connectivity index (χ1v) is 8.56. The van der Waals surface area contributed by atoms with Gasteiger partial charge >= 0.3 is 0 Å². The minimum Gasteiger partial charge on any atom is -0.453 e. The Morgan fingerprint density at radius 2 is 2.15 bits per heavy atom. The van der Waals surface area contributed by atoms with Crippen molar-refractivity contribution in [3.05, 3.63) is 71.7 Å². The van der Waals surface area contributed by atoms with Gasteiger partial charge in [0, 0.05) is 37.7 Å². The van der Waals surface area contributed by atoms with Crippen molar-refractivity contribution in [1.29, 1.82) is 0 Å². The molecule has 0 radical (unpaired) electrons. The largest absolute Gasteiger partial charge is 0.453 e. The first-order chi connectivity index (χ1) is 12.6. The third kappa shape index (κ3) is 4.21. The molecule has 0 bridgehead atoms. The Morgan fingerprint density at radius 1 is 1.31 bits per heavy atom. The Labute approximate surface area is 152 Å². The van der Waals surface area contributed by atoms with Crippen LogP contribution in [0, 0.1) is 0 Å². The van der Waals surface area contributed by atoms with Crippen LogP contribution in [-0.4, -0.2) is 22.6 Å². The van der Waals surface area contributed by atoms with E-state index in [-0.39, 0.29) is 11.7 Å². The Bertz CT molecular complexity index is 880. The second-order valence-corrected chi connectivity index (χ2v) is 6.42. The number of hydrogen-bond acceptors (Lipinski definition) is 4. The molecule has 0 aliphatic carbocycles. The van der Waals surface area contributed by atoms with E-state index in [1.807, 2.05) is 36.7 Å². The summed E-state index contributed by atoms with van der Waals surface area (Å²) in [4.78, 5) is 16.8. The highest BCUT2D eigenvalue weighted by Gasteiger charge is 2.12. The predicted octanol–water partition coefficient (Wildman–Crippen LogP) is 4.05. The zero-order valence-corrected chi connectivity index (χ0v) is 15.2. The molecule has 1 N–H and O–H groups in total. The number of hydrogen-bond donors (Lipinski definition) is 1. The number of anilines is 1. The second-order valence-electron chi connectivity index (χ2n) is 6.42. The fourth-order valence-corrected chi connectivity index (χ4v) is 2.81. The van der Waals surface area contributed by atoms with E-state index in [0.717, 1.165) is 17.1 Å². The molecule has 1 aromatic carbocycles. The van der Waals surface area contributed by atoms with Gasteiger partial charge in [-0.15, -0.1) is 0 Å². The van der Waals surface area contributed by atoms with Gasteiger partial charge in [0.1, 0.15) is 18.2 Å². The number of methoxy groups -OCH3 is 1. The minimum atomic E-state index is -0.282. The average molecular weight is 353 g/mol. The van der Waals surface area contributed by atoms with Gasteiger partial charge in [0.2, 0.25) is 0 Å². The number of imidazole rings is 1. The number of furan rings is 1. The maximum absolute atomic E-state index is 12.3. The van der Waals surface area contributed by atoms with E-state index in [0.29, 0.717) is 24.8 Å². The summed E-state index contributed by atoms with van der Waals surface area (Å²) < 4.78 is 12.6. The summed E-state index contributed by atoms with van der Waals surface area (Å²) in [6, 6.07) is 11.2. The standard InChI is InChI=1S/C20H23N3O3/c1-14(2)19-21-9-10-23(19)12-15-5-4-6-16(11-15)22-20(24)18-8-7-17(26-18)13-25-3/h4-11,14H,12-13H2,1-3H3,(H,22,24). The van der Waals surface area contributed by atoms with Crippen molar-refractivity contribution >= 4 is 11.6 Å². The summed E-state index contributed by atoms with van der Waals surface area (Å²) in [6.07, 6.45) is 3.79. The van der Waals surface area contributed by atoms with Crippen LogP contribution in [0.5, 0.6) is 0 Å². The lowest BCUT2D eigenvalue weighted by molar-refractivity contribution is 0.0987. The van der Waals surface area contributed by atoms with Crippen LogP contribution in [0.15, 0.2) is 53.2 Å². The highest BCUT2D eigenvalue weighted by molar-refractivity contribution is 6.02. The van der Waals surface area contributed by atoms with Gasteiger partial charge < -0.3 is 19.0 Å². The minimum absolute atomic E-state index is 0.263. The van der Waals surface area contributed by atoms with Crippen molar-refractivity contribution in [3.63, 3.8) is 0 Å². The number of ether oxygens (including phenoxy) is 1. The molecular weight excluding hydrogens is 330 g/mol. The number of carbonyl (C=O) groups excluding carboxylic acids is 1. The van der Waals surface area contributed by atoms with Gasteiger partial charge in [0.25, 0.3) is 5.91 Å². The third-order valence-corrected chi connectivity index (χ3v) is 3.97. The number of carbonyl (C=O) groups is 1. The number of rotatable bonds is 7. The van der Waals surface area contributed by atoms with Gasteiger partial charge in [-0.2, -0.15) is 0 Å². The normalized spacial score (nSPS) is 11.1. The number of amides is 1. The van der Waals surface area contributed by atoms with Crippen LogP contribution in [0.2, 0.25) is 0 Å². The zero-order valence-electron chi connectivity index (χ0n) is 15.2. The van der Waals surface area contributed by atoms with Crippen molar-refractivity contribution in [2.75, 3.05) is 12.4 Å². The van der Waals surface area contributed by atoms with E-state index in [4.69, 9.17) is 9.15 Å². The van der Waals surface area contributed by atoms with Crippen molar-refractivity contribution in [2.45, 2.75) is 32.9 Å². The molecule has 0 saturated heterocycles. The SMILES string of the molecule is COCc1ccc(C(=O)Nc2cccc(Cn3ccnc3C(C)C)c2)o1. The van der Waals surface area contributed by atoms with Gasteiger partial charge in [0.05, 0.1) is 0 Å². The van der Waals surface area contributed by atoms with Crippen LogP contribution in [0.1, 0.15) is 47.5 Å². The highest BCUT2D eigenvalue weighted by Crippen LogP contribution is 2.17. The van der Waals surface area contributed by atoms with Gasteiger partial charge in [0.15, 0.2) is 5.76 Å². The van der Waals surface area contributed by atoms with E-state index in [1.165, 1.54) is 0 Å². The van der Waals surface area contributed by atoms with Gasteiger partial charge in [-0.25, -0.2) is 4.98 Å². The lowest BCUT2D eigenvalue weighted by atomic mass is 10.1. The molecule has 3 rings (SSSR count). The molecule has 0 unspecified atom stereocenters. The number of nitrogens with one attached hydrogen (secondary N) is 1. The molecule has 6 nitrogen and oxygen atoms in total. The molecule has 136 valence electrons. The average Bonchev–Trinajstić information content (AvgIpc) is 3.25. The molecule has 26 heavy (non-hydrogen) atoms. The first kappa shape index (κ1) is 17.9. The smallest absolute Gasteiger partial charge is 0.291 e. The lowest BCUT2D eigenvalue weighted by Crippen LogP contribution is -2.11. The van der Waals surface area contributed by atoms with E-state index < -0.39 is 0 Å². The van der Waals surface area contributed by atoms with Crippen LogP contribution in [-0.2, 0) is 17.9 Å². The van der Waals surface area contributed by atoms with E-state index >= 15 is 0 Å². The van der Waals surface area contributed by atoms with Crippen molar-refractivity contribution in [3.8, 4) is 0 Å². The van der Waals surface area contributed by atoms with Crippen LogP contribution < -0.4 is 5.32 Å². The van der Waals surface area contributed by atoms with Crippen molar-refractivity contribution in [1.82, 2.24) is 9.55 Å². The van der Waals surface area contributed by atoms with E-state index in [2.05, 4.69) is 28.7 Å². The van der Waals surface area contributed by atoms with Crippen molar-refractivity contribution < 1.29 is 13.9 Å². The maximum atomic E-state index is 12.3. The molecule has 0 saturated carbocycles. The summed E-state index contributed by atoms with van der Waals surface area (Å²) in [5.74, 6) is 2.00. The highest BCUT2D eigenvalue weighted by atomic mass is 16.5. The fourth-order valence-electron chi connectivity index (χ4n) is 2.81. The Balaban J connectivity index is 1.70. The first-order valence-electron chi connectivity index (χ1n) is 8.56. The maximum Gasteiger partial charge on any atom is 0.291 e. The molecule has 2 heterocycles. The molecule has 3 aromatic rings. The summed E-state index contributed by atoms with van der Waals surface area (Å²) >= 11 is 0. The van der Waals surface area contributed by atoms with Gasteiger partial charge in [-0.05, 0) is 29.8 Å². The molecular formula is C20H23N3O3. The summed E-state index contributed by atoms with van der Waals surface area (Å²) in [5, 5.41) is 2.87. The van der Waals surface area contributed by atoms with E-state index in [9.17, 15) is 4.79 Å². The molecule has 0 aliphatic rings. The third-order valence-electron chi connectivity index (χ3n) is 3.97. The van der Waals surface area contributed by atoms with E-state index in [1.54, 1.807) is 19.2 Å². The molecule has 0 atom stereocenters. The summed E-state index contributed by atoms with van der Waals surface area (Å²) in [6.45, 7) is 5.29.